The van der Waals surface area contributed by atoms with Gasteiger partial charge in [0.15, 0.2) is 5.89 Å². The minimum atomic E-state index is 0.445. The molecule has 1 aromatic rings. The number of hydrogen-bond acceptors (Lipinski definition) is 5. The molecule has 1 aromatic heterocycles. The van der Waals surface area contributed by atoms with Gasteiger partial charge in [-0.1, -0.05) is 0 Å². The van der Waals surface area contributed by atoms with Crippen molar-refractivity contribution in [2.24, 2.45) is 5.73 Å². The van der Waals surface area contributed by atoms with Crippen molar-refractivity contribution in [3.8, 4) is 0 Å². The molecule has 1 saturated heterocycles. The van der Waals surface area contributed by atoms with Crippen LogP contribution in [0.1, 0.15) is 11.6 Å². The van der Waals surface area contributed by atoms with Gasteiger partial charge in [-0.25, -0.2) is 4.98 Å². The standard InChI is InChI=1S/C10H17N3O2/c11-7-9-8-15-10(12-9)1-2-13-3-5-14-6-4-13/h8H,1-7,11H2. The molecule has 0 amide bonds. The van der Waals surface area contributed by atoms with Crippen LogP contribution in [0.5, 0.6) is 0 Å². The first-order valence-corrected chi connectivity index (χ1v) is 5.32. The molecule has 2 N–H and O–H groups in total. The molecule has 0 saturated carbocycles. The minimum absolute atomic E-state index is 0.445. The molecule has 0 aromatic carbocycles. The van der Waals surface area contributed by atoms with Crippen LogP contribution in [-0.4, -0.2) is 42.7 Å². The van der Waals surface area contributed by atoms with Crippen LogP contribution in [-0.2, 0) is 17.7 Å². The first-order valence-electron chi connectivity index (χ1n) is 5.32. The third kappa shape index (κ3) is 3.02. The second-order valence-electron chi connectivity index (χ2n) is 3.64. The van der Waals surface area contributed by atoms with Crippen molar-refractivity contribution < 1.29 is 9.15 Å². The topological polar surface area (TPSA) is 64.5 Å². The zero-order valence-electron chi connectivity index (χ0n) is 8.82. The van der Waals surface area contributed by atoms with Crippen LogP contribution in [0.2, 0.25) is 0 Å². The van der Waals surface area contributed by atoms with Gasteiger partial charge < -0.3 is 14.9 Å². The van der Waals surface area contributed by atoms with Crippen LogP contribution in [0.4, 0.5) is 0 Å². The first kappa shape index (κ1) is 10.6. The molecule has 0 unspecified atom stereocenters. The molecular weight excluding hydrogens is 194 g/mol. The number of hydrogen-bond donors (Lipinski definition) is 1. The van der Waals surface area contributed by atoms with E-state index in [1.807, 2.05) is 0 Å². The Kier molecular flexibility index (Phi) is 3.71. The fourth-order valence-electron chi connectivity index (χ4n) is 1.64. The van der Waals surface area contributed by atoms with Gasteiger partial charge in [-0.2, -0.15) is 0 Å². The van der Waals surface area contributed by atoms with Crippen molar-refractivity contribution in [3.05, 3.63) is 17.8 Å². The Bertz CT molecular complexity index is 295. The van der Waals surface area contributed by atoms with Gasteiger partial charge in [-0.05, 0) is 0 Å². The SMILES string of the molecule is NCc1coc(CCN2CCOCC2)n1. The summed E-state index contributed by atoms with van der Waals surface area (Å²) in [6, 6.07) is 0. The Labute approximate surface area is 89.2 Å². The third-order valence-corrected chi connectivity index (χ3v) is 2.55. The number of nitrogens with two attached hydrogens (primary N) is 1. The third-order valence-electron chi connectivity index (χ3n) is 2.55. The van der Waals surface area contributed by atoms with E-state index in [-0.39, 0.29) is 0 Å². The smallest absolute Gasteiger partial charge is 0.195 e. The van der Waals surface area contributed by atoms with Crippen molar-refractivity contribution in [1.82, 2.24) is 9.88 Å². The molecule has 0 atom stereocenters. The lowest BCUT2D eigenvalue weighted by atomic mass is 10.3. The van der Waals surface area contributed by atoms with Gasteiger partial charge in [0, 0.05) is 32.6 Å². The molecule has 2 heterocycles. The first-order chi connectivity index (χ1) is 7.38. The van der Waals surface area contributed by atoms with E-state index in [0.717, 1.165) is 50.9 Å². The summed E-state index contributed by atoms with van der Waals surface area (Å²) < 4.78 is 10.6. The van der Waals surface area contributed by atoms with Crippen molar-refractivity contribution >= 4 is 0 Å². The molecule has 1 aliphatic rings. The average Bonchev–Trinajstić information content (AvgIpc) is 2.76. The van der Waals surface area contributed by atoms with Crippen LogP contribution < -0.4 is 5.73 Å². The summed E-state index contributed by atoms with van der Waals surface area (Å²) in [5.41, 5.74) is 6.28. The number of rotatable bonds is 4. The molecule has 84 valence electrons. The molecule has 1 fully saturated rings. The van der Waals surface area contributed by atoms with E-state index in [9.17, 15) is 0 Å². The lowest BCUT2D eigenvalue weighted by Crippen LogP contribution is -2.37. The summed E-state index contributed by atoms with van der Waals surface area (Å²) in [6.07, 6.45) is 2.48. The van der Waals surface area contributed by atoms with E-state index >= 15 is 0 Å². The highest BCUT2D eigenvalue weighted by Crippen LogP contribution is 2.04. The fraction of sp³-hybridized carbons (Fsp3) is 0.700. The lowest BCUT2D eigenvalue weighted by Gasteiger charge is -2.25. The van der Waals surface area contributed by atoms with Crippen molar-refractivity contribution in [2.75, 3.05) is 32.8 Å². The molecule has 5 nitrogen and oxygen atoms in total. The summed E-state index contributed by atoms with van der Waals surface area (Å²) in [4.78, 5) is 6.62. The number of aromatic nitrogens is 1. The minimum Gasteiger partial charge on any atom is -0.449 e. The highest BCUT2D eigenvalue weighted by atomic mass is 16.5. The molecule has 2 rings (SSSR count). The van der Waals surface area contributed by atoms with E-state index in [4.69, 9.17) is 14.9 Å². The molecule has 1 aliphatic heterocycles. The average molecular weight is 211 g/mol. The van der Waals surface area contributed by atoms with E-state index in [2.05, 4.69) is 9.88 Å². The van der Waals surface area contributed by atoms with Gasteiger partial charge >= 0.3 is 0 Å². The molecular formula is C10H17N3O2. The van der Waals surface area contributed by atoms with Crippen LogP contribution in [0.3, 0.4) is 0 Å². The predicted octanol–water partition coefficient (Wildman–Crippen LogP) is 0.00800. The van der Waals surface area contributed by atoms with E-state index in [1.165, 1.54) is 0 Å². The summed E-state index contributed by atoms with van der Waals surface area (Å²) in [5.74, 6) is 0.780. The highest BCUT2D eigenvalue weighted by Gasteiger charge is 2.11. The molecule has 5 heteroatoms. The summed E-state index contributed by atoms with van der Waals surface area (Å²) >= 11 is 0. The molecule has 0 aliphatic carbocycles. The van der Waals surface area contributed by atoms with Gasteiger partial charge in [0.05, 0.1) is 18.9 Å². The molecule has 0 radical (unpaired) electrons. The quantitative estimate of drug-likeness (QED) is 0.760. The second-order valence-corrected chi connectivity index (χ2v) is 3.64. The number of nitrogens with zero attached hydrogens (tertiary/aromatic N) is 2. The van der Waals surface area contributed by atoms with Gasteiger partial charge in [-0.15, -0.1) is 0 Å². The van der Waals surface area contributed by atoms with Crippen LogP contribution in [0.25, 0.3) is 0 Å². The lowest BCUT2D eigenvalue weighted by molar-refractivity contribution is 0.0377. The summed E-state index contributed by atoms with van der Waals surface area (Å²) in [5, 5.41) is 0. The van der Waals surface area contributed by atoms with Crippen LogP contribution in [0, 0.1) is 0 Å². The Hall–Kier alpha value is -0.910. The number of morpholine rings is 1. The Morgan fingerprint density at radius 3 is 2.87 bits per heavy atom. The van der Waals surface area contributed by atoms with E-state index in [0.29, 0.717) is 6.54 Å². The van der Waals surface area contributed by atoms with Gasteiger partial charge in [-0.3, -0.25) is 4.90 Å². The maximum atomic E-state index is 5.45. The van der Waals surface area contributed by atoms with Crippen LogP contribution >= 0.6 is 0 Å². The molecule has 15 heavy (non-hydrogen) atoms. The second kappa shape index (κ2) is 5.25. The number of oxazole rings is 1. The maximum Gasteiger partial charge on any atom is 0.195 e. The molecule has 0 bridgehead atoms. The zero-order chi connectivity index (χ0) is 10.5. The zero-order valence-corrected chi connectivity index (χ0v) is 8.82. The van der Waals surface area contributed by atoms with Gasteiger partial charge in [0.1, 0.15) is 6.26 Å². The van der Waals surface area contributed by atoms with E-state index in [1.54, 1.807) is 6.26 Å². The van der Waals surface area contributed by atoms with Crippen molar-refractivity contribution in [1.29, 1.82) is 0 Å². The van der Waals surface area contributed by atoms with Gasteiger partial charge in [0.2, 0.25) is 0 Å². The Balaban J connectivity index is 1.76. The number of ether oxygens (including phenoxy) is 1. The highest BCUT2D eigenvalue weighted by molar-refractivity contribution is 4.95. The predicted molar refractivity (Wildman–Crippen MR) is 55.4 cm³/mol. The largest absolute Gasteiger partial charge is 0.449 e. The normalized spacial score (nSPS) is 18.2. The van der Waals surface area contributed by atoms with Crippen molar-refractivity contribution in [2.45, 2.75) is 13.0 Å². The summed E-state index contributed by atoms with van der Waals surface area (Å²) in [7, 11) is 0. The van der Waals surface area contributed by atoms with Gasteiger partial charge in [0.25, 0.3) is 0 Å². The van der Waals surface area contributed by atoms with Crippen molar-refractivity contribution in [3.63, 3.8) is 0 Å². The molecule has 0 spiro atoms. The summed E-state index contributed by atoms with van der Waals surface area (Å²) in [6.45, 7) is 5.10. The van der Waals surface area contributed by atoms with E-state index < -0.39 is 0 Å². The fourth-order valence-corrected chi connectivity index (χ4v) is 1.64. The Morgan fingerprint density at radius 2 is 2.20 bits per heavy atom. The monoisotopic (exact) mass is 211 g/mol. The maximum absolute atomic E-state index is 5.45. The Morgan fingerprint density at radius 1 is 1.40 bits per heavy atom. The van der Waals surface area contributed by atoms with Crippen LogP contribution in [0.15, 0.2) is 10.7 Å².